The number of aryl methyl sites for hydroxylation is 1. The molecule has 0 atom stereocenters. The van der Waals surface area contributed by atoms with Gasteiger partial charge in [-0.3, -0.25) is 0 Å². The predicted molar refractivity (Wildman–Crippen MR) is 82.3 cm³/mol. The smallest absolute Gasteiger partial charge is 0.159 e. The Morgan fingerprint density at radius 1 is 1.20 bits per heavy atom. The maximum Gasteiger partial charge on any atom is 0.159 e. The fraction of sp³-hybridized carbons (Fsp3) is 0.333. The summed E-state index contributed by atoms with van der Waals surface area (Å²) in [4.78, 5) is 9.40. The van der Waals surface area contributed by atoms with Crippen molar-refractivity contribution in [2.45, 2.75) is 26.3 Å². The second-order valence-corrected chi connectivity index (χ2v) is 5.64. The number of hydrogen-bond acceptors (Lipinski definition) is 3. The van der Waals surface area contributed by atoms with Crippen molar-refractivity contribution in [3.8, 4) is 11.4 Å². The monoisotopic (exact) mass is 307 g/mol. The molecule has 1 aliphatic heterocycles. The van der Waals surface area contributed by atoms with Crippen LogP contribution in [0.3, 0.4) is 0 Å². The van der Waals surface area contributed by atoms with Crippen LogP contribution in [0.15, 0.2) is 18.2 Å². The highest BCUT2D eigenvalue weighted by Gasteiger charge is 2.17. The van der Waals surface area contributed by atoms with Crippen molar-refractivity contribution in [2.75, 3.05) is 6.54 Å². The van der Waals surface area contributed by atoms with E-state index in [0.717, 1.165) is 48.7 Å². The maximum atomic E-state index is 6.08. The molecule has 0 radical (unpaired) electrons. The van der Waals surface area contributed by atoms with E-state index in [4.69, 9.17) is 33.2 Å². The molecule has 1 aromatic heterocycles. The first-order valence-corrected chi connectivity index (χ1v) is 7.49. The van der Waals surface area contributed by atoms with E-state index in [0.29, 0.717) is 10.0 Å². The molecule has 0 saturated carbocycles. The second kappa shape index (κ2) is 5.68. The summed E-state index contributed by atoms with van der Waals surface area (Å²) in [6.45, 7) is 3.95. The van der Waals surface area contributed by atoms with E-state index in [2.05, 4.69) is 12.2 Å². The van der Waals surface area contributed by atoms with Gasteiger partial charge in [-0.15, -0.1) is 0 Å². The molecule has 0 saturated heterocycles. The molecule has 0 bridgehead atoms. The molecule has 3 nitrogen and oxygen atoms in total. The third kappa shape index (κ3) is 2.53. The molecule has 104 valence electrons. The highest BCUT2D eigenvalue weighted by molar-refractivity contribution is 6.42. The first-order valence-electron chi connectivity index (χ1n) is 6.74. The molecular weight excluding hydrogens is 293 g/mol. The highest BCUT2D eigenvalue weighted by atomic mass is 35.5. The number of rotatable bonds is 2. The quantitative estimate of drug-likeness (QED) is 0.920. The summed E-state index contributed by atoms with van der Waals surface area (Å²) in [5.41, 5.74) is 4.43. The summed E-state index contributed by atoms with van der Waals surface area (Å²) in [6, 6.07) is 5.53. The standard InChI is InChI=1S/C15H15Cl2N3/c1-2-13-10-8-18-6-5-14(10)20-15(19-13)9-3-4-11(16)12(17)7-9/h3-4,7,18H,2,5-6,8H2,1H3. The molecule has 20 heavy (non-hydrogen) atoms. The summed E-state index contributed by atoms with van der Waals surface area (Å²) < 4.78 is 0. The molecule has 2 heterocycles. The van der Waals surface area contributed by atoms with Crippen LogP contribution >= 0.6 is 23.2 Å². The minimum atomic E-state index is 0.533. The number of aromatic nitrogens is 2. The molecule has 3 rings (SSSR count). The van der Waals surface area contributed by atoms with Gasteiger partial charge >= 0.3 is 0 Å². The summed E-state index contributed by atoms with van der Waals surface area (Å²) in [5, 5.41) is 4.45. The van der Waals surface area contributed by atoms with Crippen molar-refractivity contribution in [3.63, 3.8) is 0 Å². The topological polar surface area (TPSA) is 37.8 Å². The van der Waals surface area contributed by atoms with E-state index in [9.17, 15) is 0 Å². The van der Waals surface area contributed by atoms with Gasteiger partial charge in [-0.05, 0) is 24.6 Å². The van der Waals surface area contributed by atoms with Crippen LogP contribution < -0.4 is 5.32 Å². The lowest BCUT2D eigenvalue weighted by atomic mass is 10.0. The Bertz CT molecular complexity index is 639. The van der Waals surface area contributed by atoms with Crippen LogP contribution in [0.5, 0.6) is 0 Å². The molecule has 1 N–H and O–H groups in total. The molecule has 5 heteroatoms. The van der Waals surface area contributed by atoms with Gasteiger partial charge in [0.1, 0.15) is 0 Å². The molecule has 0 amide bonds. The van der Waals surface area contributed by atoms with Gasteiger partial charge in [-0.1, -0.05) is 30.1 Å². The zero-order chi connectivity index (χ0) is 14.1. The van der Waals surface area contributed by atoms with E-state index in [-0.39, 0.29) is 0 Å². The van der Waals surface area contributed by atoms with E-state index in [1.807, 2.05) is 12.1 Å². The number of nitrogens with zero attached hydrogens (tertiary/aromatic N) is 2. The van der Waals surface area contributed by atoms with E-state index >= 15 is 0 Å². The number of nitrogens with one attached hydrogen (secondary N) is 1. The van der Waals surface area contributed by atoms with Crippen LogP contribution in [0.2, 0.25) is 10.0 Å². The average Bonchev–Trinajstić information content (AvgIpc) is 2.49. The first kappa shape index (κ1) is 13.8. The van der Waals surface area contributed by atoms with Gasteiger partial charge in [0.05, 0.1) is 15.7 Å². The van der Waals surface area contributed by atoms with Crippen molar-refractivity contribution in [3.05, 3.63) is 45.2 Å². The summed E-state index contributed by atoms with van der Waals surface area (Å²) >= 11 is 12.0. The van der Waals surface area contributed by atoms with E-state index in [1.54, 1.807) is 6.07 Å². The van der Waals surface area contributed by atoms with Crippen LogP contribution in [0.1, 0.15) is 23.9 Å². The highest BCUT2D eigenvalue weighted by Crippen LogP contribution is 2.28. The van der Waals surface area contributed by atoms with Crippen molar-refractivity contribution < 1.29 is 0 Å². The Hall–Kier alpha value is -1.16. The van der Waals surface area contributed by atoms with Crippen molar-refractivity contribution >= 4 is 23.2 Å². The Kier molecular flexibility index (Phi) is 3.92. The van der Waals surface area contributed by atoms with Crippen molar-refractivity contribution in [2.24, 2.45) is 0 Å². The predicted octanol–water partition coefficient (Wildman–Crippen LogP) is 3.66. The van der Waals surface area contributed by atoms with Crippen LogP contribution in [0, 0.1) is 0 Å². The largest absolute Gasteiger partial charge is 0.312 e. The molecule has 0 fully saturated rings. The van der Waals surface area contributed by atoms with Gasteiger partial charge in [0.2, 0.25) is 0 Å². The number of benzene rings is 1. The Morgan fingerprint density at radius 2 is 2.05 bits per heavy atom. The Balaban J connectivity index is 2.11. The number of hydrogen-bond donors (Lipinski definition) is 1. The van der Waals surface area contributed by atoms with E-state index in [1.165, 1.54) is 5.56 Å². The van der Waals surface area contributed by atoms with Gasteiger partial charge in [0, 0.05) is 36.3 Å². The lowest BCUT2D eigenvalue weighted by Crippen LogP contribution is -2.26. The molecule has 0 unspecified atom stereocenters. The zero-order valence-corrected chi connectivity index (χ0v) is 12.7. The van der Waals surface area contributed by atoms with Gasteiger partial charge < -0.3 is 5.32 Å². The fourth-order valence-corrected chi connectivity index (χ4v) is 2.77. The fourth-order valence-electron chi connectivity index (χ4n) is 2.47. The van der Waals surface area contributed by atoms with Crippen LogP contribution in [-0.2, 0) is 19.4 Å². The number of fused-ring (bicyclic) bond motifs is 1. The first-order chi connectivity index (χ1) is 9.69. The van der Waals surface area contributed by atoms with Gasteiger partial charge in [0.15, 0.2) is 5.82 Å². The molecule has 1 aromatic carbocycles. The van der Waals surface area contributed by atoms with Crippen LogP contribution in [0.25, 0.3) is 11.4 Å². The maximum absolute atomic E-state index is 6.08. The zero-order valence-electron chi connectivity index (χ0n) is 11.2. The molecule has 2 aromatic rings. The number of halogens is 2. The summed E-state index contributed by atoms with van der Waals surface area (Å²) in [6.07, 6.45) is 1.85. The minimum absolute atomic E-state index is 0.533. The SMILES string of the molecule is CCc1nc(-c2ccc(Cl)c(Cl)c2)nc2c1CNCC2. The van der Waals surface area contributed by atoms with E-state index < -0.39 is 0 Å². The molecular formula is C15H15Cl2N3. The summed E-state index contributed by atoms with van der Waals surface area (Å²) in [7, 11) is 0. The van der Waals surface area contributed by atoms with Crippen LogP contribution in [0.4, 0.5) is 0 Å². The average molecular weight is 308 g/mol. The van der Waals surface area contributed by atoms with Gasteiger partial charge in [0.25, 0.3) is 0 Å². The third-order valence-corrected chi connectivity index (χ3v) is 4.27. The molecule has 0 spiro atoms. The normalized spacial score (nSPS) is 14.2. The van der Waals surface area contributed by atoms with Gasteiger partial charge in [-0.25, -0.2) is 9.97 Å². The van der Waals surface area contributed by atoms with Crippen molar-refractivity contribution in [1.29, 1.82) is 0 Å². The van der Waals surface area contributed by atoms with Gasteiger partial charge in [-0.2, -0.15) is 0 Å². The second-order valence-electron chi connectivity index (χ2n) is 4.83. The summed E-state index contributed by atoms with van der Waals surface area (Å²) in [5.74, 6) is 0.737. The Morgan fingerprint density at radius 3 is 2.80 bits per heavy atom. The lowest BCUT2D eigenvalue weighted by molar-refractivity contribution is 0.618. The molecule has 1 aliphatic rings. The lowest BCUT2D eigenvalue weighted by Gasteiger charge is -2.19. The van der Waals surface area contributed by atoms with Crippen molar-refractivity contribution in [1.82, 2.24) is 15.3 Å². The Labute approximate surface area is 128 Å². The minimum Gasteiger partial charge on any atom is -0.312 e. The third-order valence-electron chi connectivity index (χ3n) is 3.53. The van der Waals surface area contributed by atoms with Crippen LogP contribution in [-0.4, -0.2) is 16.5 Å². The molecule has 0 aliphatic carbocycles.